The summed E-state index contributed by atoms with van der Waals surface area (Å²) in [6, 6.07) is 13.3. The molecule has 0 bridgehead atoms. The highest BCUT2D eigenvalue weighted by molar-refractivity contribution is 5.85. The van der Waals surface area contributed by atoms with Crippen molar-refractivity contribution in [3.05, 3.63) is 59.5 Å². The van der Waals surface area contributed by atoms with Crippen LogP contribution in [0, 0.1) is 5.92 Å². The number of methoxy groups -OCH3 is 1. The summed E-state index contributed by atoms with van der Waals surface area (Å²) in [7, 11) is 1.66. The first-order valence-corrected chi connectivity index (χ1v) is 8.33. The smallest absolute Gasteiger partial charge is 0.354 e. The topological polar surface area (TPSA) is 64.3 Å². The zero-order valence-corrected chi connectivity index (χ0v) is 14.7. The molecule has 0 spiro atoms. The number of aromatic nitrogens is 2. The van der Waals surface area contributed by atoms with Crippen LogP contribution >= 0.6 is 0 Å². The first kappa shape index (κ1) is 17.0. The SMILES string of the molecule is COc1ccc2c(c1)cc(CC(C)C)n2Cc1cccc(C(=O)O)n1. The summed E-state index contributed by atoms with van der Waals surface area (Å²) in [5, 5.41) is 10.3. The standard InChI is InChI=1S/C20H22N2O3/c1-13(2)9-16-10-14-11-17(25-3)7-8-19(14)22(16)12-15-5-4-6-18(21-15)20(23)24/h4-8,10-11,13H,9,12H2,1-3H3,(H,23,24). The van der Waals surface area contributed by atoms with Crippen LogP contribution in [0.25, 0.3) is 10.9 Å². The van der Waals surface area contributed by atoms with Gasteiger partial charge in [0.1, 0.15) is 11.4 Å². The Hall–Kier alpha value is -2.82. The van der Waals surface area contributed by atoms with E-state index in [0.29, 0.717) is 12.5 Å². The molecular formula is C20H22N2O3. The summed E-state index contributed by atoms with van der Waals surface area (Å²) in [6.45, 7) is 4.91. The molecule has 0 aliphatic carbocycles. The van der Waals surface area contributed by atoms with Crippen LogP contribution < -0.4 is 4.74 Å². The lowest BCUT2D eigenvalue weighted by Crippen LogP contribution is -2.10. The Kier molecular flexibility index (Phi) is 4.74. The molecule has 130 valence electrons. The van der Waals surface area contributed by atoms with Crippen molar-refractivity contribution < 1.29 is 14.6 Å². The Bertz CT molecular complexity index is 912. The summed E-state index contributed by atoms with van der Waals surface area (Å²) < 4.78 is 7.54. The minimum Gasteiger partial charge on any atom is -0.497 e. The highest BCUT2D eigenvalue weighted by Crippen LogP contribution is 2.27. The molecule has 0 aliphatic rings. The minimum atomic E-state index is -1.01. The number of pyridine rings is 1. The maximum Gasteiger partial charge on any atom is 0.354 e. The van der Waals surface area contributed by atoms with E-state index in [2.05, 4.69) is 29.5 Å². The van der Waals surface area contributed by atoms with Crippen LogP contribution in [-0.2, 0) is 13.0 Å². The van der Waals surface area contributed by atoms with E-state index in [1.165, 1.54) is 11.8 Å². The van der Waals surface area contributed by atoms with Gasteiger partial charge in [-0.2, -0.15) is 0 Å². The molecule has 0 unspecified atom stereocenters. The minimum absolute atomic E-state index is 0.0704. The number of fused-ring (bicyclic) bond motifs is 1. The van der Waals surface area contributed by atoms with Gasteiger partial charge in [-0.25, -0.2) is 9.78 Å². The molecule has 0 atom stereocenters. The number of hydrogen-bond donors (Lipinski definition) is 1. The number of rotatable bonds is 6. The van der Waals surface area contributed by atoms with Gasteiger partial charge < -0.3 is 14.4 Å². The van der Waals surface area contributed by atoms with E-state index in [9.17, 15) is 4.79 Å². The lowest BCUT2D eigenvalue weighted by molar-refractivity contribution is 0.0690. The van der Waals surface area contributed by atoms with E-state index in [4.69, 9.17) is 9.84 Å². The van der Waals surface area contributed by atoms with E-state index in [0.717, 1.165) is 28.8 Å². The summed E-state index contributed by atoms with van der Waals surface area (Å²) in [5.41, 5.74) is 3.11. The second-order valence-electron chi connectivity index (χ2n) is 6.56. The molecule has 3 aromatic rings. The molecule has 2 aromatic heterocycles. The van der Waals surface area contributed by atoms with Crippen molar-refractivity contribution in [2.24, 2.45) is 5.92 Å². The molecular weight excluding hydrogens is 316 g/mol. The largest absolute Gasteiger partial charge is 0.497 e. The number of nitrogens with zero attached hydrogens (tertiary/aromatic N) is 2. The van der Waals surface area contributed by atoms with Gasteiger partial charge in [0, 0.05) is 16.6 Å². The maximum atomic E-state index is 11.2. The van der Waals surface area contributed by atoms with Crippen molar-refractivity contribution in [3.63, 3.8) is 0 Å². The second-order valence-corrected chi connectivity index (χ2v) is 6.56. The van der Waals surface area contributed by atoms with Gasteiger partial charge in [0.25, 0.3) is 0 Å². The van der Waals surface area contributed by atoms with Gasteiger partial charge in [-0.05, 0) is 48.7 Å². The van der Waals surface area contributed by atoms with E-state index in [-0.39, 0.29) is 5.69 Å². The quantitative estimate of drug-likeness (QED) is 0.738. The molecule has 2 heterocycles. The predicted octanol–water partition coefficient (Wildman–Crippen LogP) is 3.99. The van der Waals surface area contributed by atoms with E-state index in [1.807, 2.05) is 24.3 Å². The Morgan fingerprint density at radius 3 is 2.72 bits per heavy atom. The van der Waals surface area contributed by atoms with Crippen LogP contribution in [-0.4, -0.2) is 27.7 Å². The number of ether oxygens (including phenoxy) is 1. The van der Waals surface area contributed by atoms with Gasteiger partial charge in [0.2, 0.25) is 0 Å². The molecule has 0 fully saturated rings. The number of carboxylic acids is 1. The van der Waals surface area contributed by atoms with Crippen molar-refractivity contribution in [2.75, 3.05) is 7.11 Å². The third-order valence-electron chi connectivity index (χ3n) is 4.16. The fourth-order valence-electron chi connectivity index (χ4n) is 3.06. The highest BCUT2D eigenvalue weighted by Gasteiger charge is 2.13. The van der Waals surface area contributed by atoms with Gasteiger partial charge in [0.05, 0.1) is 19.3 Å². The van der Waals surface area contributed by atoms with E-state index >= 15 is 0 Å². The van der Waals surface area contributed by atoms with Crippen LogP contribution in [0.1, 0.15) is 35.7 Å². The van der Waals surface area contributed by atoms with E-state index < -0.39 is 5.97 Å². The molecule has 0 amide bonds. The fraction of sp³-hybridized carbons (Fsp3) is 0.300. The molecule has 0 aliphatic heterocycles. The van der Waals surface area contributed by atoms with Crippen molar-refractivity contribution >= 4 is 16.9 Å². The van der Waals surface area contributed by atoms with Gasteiger partial charge in [0.15, 0.2) is 0 Å². The predicted molar refractivity (Wildman–Crippen MR) is 97.3 cm³/mol. The Morgan fingerprint density at radius 1 is 1.24 bits per heavy atom. The van der Waals surface area contributed by atoms with Crippen LogP contribution in [0.4, 0.5) is 0 Å². The molecule has 25 heavy (non-hydrogen) atoms. The number of carboxylic acid groups (broad SMARTS) is 1. The average Bonchev–Trinajstić information content (AvgIpc) is 2.90. The second kappa shape index (κ2) is 6.97. The Morgan fingerprint density at radius 2 is 2.04 bits per heavy atom. The average molecular weight is 338 g/mol. The number of aromatic carboxylic acids is 1. The monoisotopic (exact) mass is 338 g/mol. The molecule has 5 heteroatoms. The molecule has 0 radical (unpaired) electrons. The highest BCUT2D eigenvalue weighted by atomic mass is 16.5. The molecule has 5 nitrogen and oxygen atoms in total. The molecule has 1 N–H and O–H groups in total. The molecule has 3 rings (SSSR count). The van der Waals surface area contributed by atoms with Gasteiger partial charge >= 0.3 is 5.97 Å². The summed E-state index contributed by atoms with van der Waals surface area (Å²) in [6.07, 6.45) is 0.940. The van der Waals surface area contributed by atoms with Crippen LogP contribution in [0.3, 0.4) is 0 Å². The van der Waals surface area contributed by atoms with Gasteiger partial charge in [-0.1, -0.05) is 19.9 Å². The number of hydrogen-bond acceptors (Lipinski definition) is 3. The number of benzene rings is 1. The van der Waals surface area contributed by atoms with Crippen molar-refractivity contribution in [1.29, 1.82) is 0 Å². The van der Waals surface area contributed by atoms with Crippen molar-refractivity contribution in [1.82, 2.24) is 9.55 Å². The lowest BCUT2D eigenvalue weighted by atomic mass is 10.1. The summed E-state index contributed by atoms with van der Waals surface area (Å²) >= 11 is 0. The first-order valence-electron chi connectivity index (χ1n) is 8.33. The van der Waals surface area contributed by atoms with E-state index in [1.54, 1.807) is 13.2 Å². The summed E-state index contributed by atoms with van der Waals surface area (Å²) in [4.78, 5) is 15.4. The van der Waals surface area contributed by atoms with Crippen molar-refractivity contribution in [3.8, 4) is 5.75 Å². The fourth-order valence-corrected chi connectivity index (χ4v) is 3.06. The van der Waals surface area contributed by atoms with Gasteiger partial charge in [-0.15, -0.1) is 0 Å². The zero-order valence-electron chi connectivity index (χ0n) is 14.7. The van der Waals surface area contributed by atoms with Gasteiger partial charge in [-0.3, -0.25) is 0 Å². The number of carbonyl (C=O) groups is 1. The summed E-state index contributed by atoms with van der Waals surface area (Å²) in [5.74, 6) is 0.335. The van der Waals surface area contributed by atoms with Crippen LogP contribution in [0.5, 0.6) is 5.75 Å². The Balaban J connectivity index is 2.06. The third kappa shape index (κ3) is 3.65. The van der Waals surface area contributed by atoms with Crippen molar-refractivity contribution in [2.45, 2.75) is 26.8 Å². The van der Waals surface area contributed by atoms with Crippen LogP contribution in [0.15, 0.2) is 42.5 Å². The maximum absolute atomic E-state index is 11.2. The Labute approximate surface area is 146 Å². The van der Waals surface area contributed by atoms with Crippen LogP contribution in [0.2, 0.25) is 0 Å². The first-order chi connectivity index (χ1) is 12.0. The molecule has 0 saturated carbocycles. The third-order valence-corrected chi connectivity index (χ3v) is 4.16. The normalized spacial score (nSPS) is 11.2. The molecule has 0 saturated heterocycles. The lowest BCUT2D eigenvalue weighted by Gasteiger charge is -2.12. The molecule has 1 aromatic carbocycles. The zero-order chi connectivity index (χ0) is 18.0.